The van der Waals surface area contributed by atoms with Crippen LogP contribution in [0.1, 0.15) is 26.7 Å². The molecule has 0 aromatic carbocycles. The van der Waals surface area contributed by atoms with Crippen LogP contribution < -0.4 is 4.90 Å². The second kappa shape index (κ2) is 6.08. The number of rotatable bonds is 3. The maximum Gasteiger partial charge on any atom is 0.326 e. The normalized spacial score (nSPS) is 26.6. The predicted octanol–water partition coefficient (Wildman–Crippen LogP) is 0.480. The fraction of sp³-hybridized carbons (Fsp3) is 0.688. The highest BCUT2D eigenvalue weighted by Crippen LogP contribution is 2.32. The van der Waals surface area contributed by atoms with E-state index in [4.69, 9.17) is 4.74 Å². The first-order chi connectivity index (χ1) is 11.3. The molecular formula is C16H24N4O4. The highest BCUT2D eigenvalue weighted by Gasteiger charge is 2.44. The highest BCUT2D eigenvalue weighted by atomic mass is 16.5. The van der Waals surface area contributed by atoms with E-state index in [9.17, 15) is 14.7 Å². The molecule has 0 aliphatic carbocycles. The van der Waals surface area contributed by atoms with Gasteiger partial charge in [-0.15, -0.1) is 0 Å². The maximum absolute atomic E-state index is 13.1. The van der Waals surface area contributed by atoms with Gasteiger partial charge in [0.1, 0.15) is 12.1 Å². The van der Waals surface area contributed by atoms with Crippen LogP contribution in [0.3, 0.4) is 0 Å². The van der Waals surface area contributed by atoms with Gasteiger partial charge in [-0.1, -0.05) is 0 Å². The van der Waals surface area contributed by atoms with Crippen molar-refractivity contribution in [1.82, 2.24) is 14.7 Å². The quantitative estimate of drug-likeness (QED) is 0.864. The molecule has 2 atom stereocenters. The number of aliphatic carboxylic acids is 1. The molecule has 0 radical (unpaired) electrons. The molecule has 2 fully saturated rings. The van der Waals surface area contributed by atoms with Gasteiger partial charge in [-0.25, -0.2) is 4.79 Å². The molecule has 3 rings (SSSR count). The summed E-state index contributed by atoms with van der Waals surface area (Å²) in [4.78, 5) is 28.2. The Morgan fingerprint density at radius 3 is 2.62 bits per heavy atom. The topological polar surface area (TPSA) is 87.9 Å². The van der Waals surface area contributed by atoms with Crippen LogP contribution in [0.5, 0.6) is 0 Å². The van der Waals surface area contributed by atoms with Crippen molar-refractivity contribution >= 4 is 17.6 Å². The summed E-state index contributed by atoms with van der Waals surface area (Å²) in [5.74, 6) is -0.935. The van der Waals surface area contributed by atoms with E-state index in [1.165, 1.54) is 0 Å². The number of nitrogens with zero attached hydrogens (tertiary/aromatic N) is 4. The number of aromatic nitrogens is 2. The van der Waals surface area contributed by atoms with E-state index in [1.807, 2.05) is 13.8 Å². The van der Waals surface area contributed by atoms with Crippen molar-refractivity contribution in [2.75, 3.05) is 24.6 Å². The van der Waals surface area contributed by atoms with Crippen LogP contribution in [0.15, 0.2) is 12.4 Å². The Labute approximate surface area is 141 Å². The second-order valence-corrected chi connectivity index (χ2v) is 7.09. The van der Waals surface area contributed by atoms with Crippen LogP contribution in [0.4, 0.5) is 5.69 Å². The fourth-order valence-corrected chi connectivity index (χ4v) is 3.61. The van der Waals surface area contributed by atoms with Crippen molar-refractivity contribution in [2.45, 2.75) is 44.4 Å². The summed E-state index contributed by atoms with van der Waals surface area (Å²) in [6.07, 6.45) is 4.35. The van der Waals surface area contributed by atoms with Crippen molar-refractivity contribution in [3.8, 4) is 0 Å². The number of amides is 1. The van der Waals surface area contributed by atoms with E-state index in [-0.39, 0.29) is 11.5 Å². The van der Waals surface area contributed by atoms with E-state index in [1.54, 1.807) is 33.9 Å². The summed E-state index contributed by atoms with van der Waals surface area (Å²) in [7, 11) is 1.77. The van der Waals surface area contributed by atoms with E-state index >= 15 is 0 Å². The summed E-state index contributed by atoms with van der Waals surface area (Å²) in [6.45, 7) is 5.47. The summed E-state index contributed by atoms with van der Waals surface area (Å²) in [5, 5.41) is 13.7. The second-order valence-electron chi connectivity index (χ2n) is 7.09. The molecule has 24 heavy (non-hydrogen) atoms. The van der Waals surface area contributed by atoms with Gasteiger partial charge in [0.05, 0.1) is 24.1 Å². The van der Waals surface area contributed by atoms with E-state index in [0.717, 1.165) is 0 Å². The maximum atomic E-state index is 13.1. The van der Waals surface area contributed by atoms with Gasteiger partial charge in [0.15, 0.2) is 0 Å². The standard InChI is InChI=1S/C16H24N4O4/c1-16(2)10-19(6-7-24-16)14(21)12-4-5-13(15(22)23)20(12)11-8-17-18(3)9-11/h8-9,12-13H,4-7,10H2,1-3H3,(H,22,23). The summed E-state index contributed by atoms with van der Waals surface area (Å²) in [6, 6.07) is -1.17. The molecule has 1 amide bonds. The lowest BCUT2D eigenvalue weighted by Crippen LogP contribution is -2.56. The molecule has 8 heteroatoms. The molecule has 2 aliphatic rings. The third kappa shape index (κ3) is 3.10. The van der Waals surface area contributed by atoms with Crippen LogP contribution in [0.25, 0.3) is 0 Å². The van der Waals surface area contributed by atoms with Gasteiger partial charge in [-0.2, -0.15) is 5.10 Å². The summed E-state index contributed by atoms with van der Waals surface area (Å²) in [5.41, 5.74) is 0.297. The van der Waals surface area contributed by atoms with Crippen molar-refractivity contribution < 1.29 is 19.4 Å². The number of carbonyl (C=O) groups excluding carboxylic acids is 1. The number of anilines is 1. The molecule has 2 aliphatic heterocycles. The molecule has 132 valence electrons. The van der Waals surface area contributed by atoms with Crippen LogP contribution in [-0.4, -0.2) is 69.0 Å². The molecule has 0 spiro atoms. The van der Waals surface area contributed by atoms with Crippen LogP contribution >= 0.6 is 0 Å². The number of hydrogen-bond donors (Lipinski definition) is 1. The number of carbonyl (C=O) groups is 2. The minimum Gasteiger partial charge on any atom is -0.480 e. The molecule has 0 saturated carbocycles. The van der Waals surface area contributed by atoms with Gasteiger partial charge >= 0.3 is 5.97 Å². The lowest BCUT2D eigenvalue weighted by molar-refractivity contribution is -0.147. The van der Waals surface area contributed by atoms with Gasteiger partial charge in [-0.3, -0.25) is 9.48 Å². The fourth-order valence-electron chi connectivity index (χ4n) is 3.61. The van der Waals surface area contributed by atoms with Crippen LogP contribution in [0, 0.1) is 0 Å². The van der Waals surface area contributed by atoms with Crippen molar-refractivity contribution in [3.63, 3.8) is 0 Å². The van der Waals surface area contributed by atoms with Crippen LogP contribution in [-0.2, 0) is 21.4 Å². The molecule has 1 aromatic rings. The minimum absolute atomic E-state index is 0.0287. The zero-order valence-corrected chi connectivity index (χ0v) is 14.3. The Hall–Kier alpha value is -2.09. The lowest BCUT2D eigenvalue weighted by atomic mass is 10.1. The average molecular weight is 336 g/mol. The first-order valence-corrected chi connectivity index (χ1v) is 8.21. The largest absolute Gasteiger partial charge is 0.480 e. The molecule has 2 saturated heterocycles. The monoisotopic (exact) mass is 336 g/mol. The molecule has 3 heterocycles. The molecular weight excluding hydrogens is 312 g/mol. The van der Waals surface area contributed by atoms with Gasteiger partial charge in [0, 0.05) is 26.3 Å². The number of hydrogen-bond acceptors (Lipinski definition) is 5. The van der Waals surface area contributed by atoms with E-state index < -0.39 is 18.1 Å². The van der Waals surface area contributed by atoms with Crippen molar-refractivity contribution in [2.24, 2.45) is 7.05 Å². The predicted molar refractivity (Wildman–Crippen MR) is 86.7 cm³/mol. The number of carboxylic acids is 1. The van der Waals surface area contributed by atoms with E-state index in [2.05, 4.69) is 5.10 Å². The molecule has 8 nitrogen and oxygen atoms in total. The van der Waals surface area contributed by atoms with Gasteiger partial charge in [0.2, 0.25) is 5.91 Å². The SMILES string of the molecule is Cn1cc(N2C(C(=O)O)CCC2C(=O)N2CCOC(C)(C)C2)cn1. The van der Waals surface area contributed by atoms with Crippen molar-refractivity contribution in [1.29, 1.82) is 0 Å². The van der Waals surface area contributed by atoms with Gasteiger partial charge in [-0.05, 0) is 26.7 Å². The van der Waals surface area contributed by atoms with Crippen molar-refractivity contribution in [3.05, 3.63) is 12.4 Å². The highest BCUT2D eigenvalue weighted by molar-refractivity contribution is 5.90. The number of ether oxygens (including phenoxy) is 1. The summed E-state index contributed by atoms with van der Waals surface area (Å²) >= 11 is 0. The van der Waals surface area contributed by atoms with Crippen LogP contribution in [0.2, 0.25) is 0 Å². The van der Waals surface area contributed by atoms with Gasteiger partial charge < -0.3 is 19.6 Å². The first kappa shape index (κ1) is 16.8. The third-order valence-corrected chi connectivity index (χ3v) is 4.68. The Morgan fingerprint density at radius 2 is 2.04 bits per heavy atom. The van der Waals surface area contributed by atoms with E-state index in [0.29, 0.717) is 38.2 Å². The minimum atomic E-state index is -0.906. The zero-order valence-electron chi connectivity index (χ0n) is 14.3. The zero-order chi connectivity index (χ0) is 17.5. The summed E-state index contributed by atoms with van der Waals surface area (Å²) < 4.78 is 7.28. The average Bonchev–Trinajstić information content (AvgIpc) is 3.11. The Morgan fingerprint density at radius 1 is 1.33 bits per heavy atom. The molecule has 1 aromatic heterocycles. The number of aryl methyl sites for hydroxylation is 1. The number of morpholine rings is 1. The molecule has 2 unspecified atom stereocenters. The molecule has 0 bridgehead atoms. The Balaban J connectivity index is 1.85. The first-order valence-electron chi connectivity index (χ1n) is 8.21. The Kier molecular flexibility index (Phi) is 4.25. The molecule has 1 N–H and O–H groups in total. The Bertz CT molecular complexity index is 642. The lowest BCUT2D eigenvalue weighted by Gasteiger charge is -2.40. The van der Waals surface area contributed by atoms with Gasteiger partial charge in [0.25, 0.3) is 0 Å². The number of carboxylic acid groups (broad SMARTS) is 1. The third-order valence-electron chi connectivity index (χ3n) is 4.68. The smallest absolute Gasteiger partial charge is 0.326 e.